The van der Waals surface area contributed by atoms with Gasteiger partial charge in [-0.25, -0.2) is 13.1 Å². The molecular formula is C11H16N4O2S2. The van der Waals surface area contributed by atoms with Gasteiger partial charge in [0.15, 0.2) is 0 Å². The van der Waals surface area contributed by atoms with Gasteiger partial charge < -0.3 is 5.32 Å². The third kappa shape index (κ3) is 3.27. The molecule has 0 aliphatic heterocycles. The van der Waals surface area contributed by atoms with Crippen molar-refractivity contribution in [1.82, 2.24) is 18.8 Å². The fraction of sp³-hybridized carbons (Fsp3) is 0.455. The van der Waals surface area contributed by atoms with Crippen LogP contribution in [0.5, 0.6) is 0 Å². The van der Waals surface area contributed by atoms with E-state index in [1.807, 2.05) is 13.8 Å². The van der Waals surface area contributed by atoms with Crippen LogP contribution < -0.4 is 10.0 Å². The molecule has 0 unspecified atom stereocenters. The highest BCUT2D eigenvalue weighted by molar-refractivity contribution is 7.89. The molecule has 6 nitrogen and oxygen atoms in total. The van der Waals surface area contributed by atoms with E-state index in [0.717, 1.165) is 18.3 Å². The first kappa shape index (κ1) is 14.3. The smallest absolute Gasteiger partial charge is 0.242 e. The van der Waals surface area contributed by atoms with E-state index in [2.05, 4.69) is 18.8 Å². The number of hydrogen-bond donors (Lipinski definition) is 2. The molecule has 0 aliphatic rings. The normalized spacial score (nSPS) is 13.8. The molecule has 104 valence electrons. The molecule has 1 aromatic carbocycles. The predicted molar refractivity (Wildman–Crippen MR) is 75.7 cm³/mol. The number of hydrogen-bond acceptors (Lipinski definition) is 6. The number of rotatable bonds is 6. The zero-order valence-electron chi connectivity index (χ0n) is 10.8. The van der Waals surface area contributed by atoms with E-state index in [-0.39, 0.29) is 10.9 Å². The SMILES string of the molecule is CCN[C@H](C)CNS(=O)(=O)c1cccc2nsnc12. The van der Waals surface area contributed by atoms with Crippen LogP contribution in [0.25, 0.3) is 11.0 Å². The fourth-order valence-corrected chi connectivity index (χ4v) is 3.63. The van der Waals surface area contributed by atoms with Gasteiger partial charge in [-0.2, -0.15) is 8.75 Å². The Bertz CT molecular complexity index is 654. The summed E-state index contributed by atoms with van der Waals surface area (Å²) in [5.74, 6) is 0. The minimum Gasteiger partial charge on any atom is -0.313 e. The first-order valence-electron chi connectivity index (χ1n) is 5.99. The van der Waals surface area contributed by atoms with Crippen LogP contribution in [0.4, 0.5) is 0 Å². The van der Waals surface area contributed by atoms with Crippen molar-refractivity contribution in [2.45, 2.75) is 24.8 Å². The number of aromatic nitrogens is 2. The summed E-state index contributed by atoms with van der Waals surface area (Å²) in [6.45, 7) is 5.04. The van der Waals surface area contributed by atoms with Crippen molar-refractivity contribution in [3.63, 3.8) is 0 Å². The zero-order chi connectivity index (χ0) is 13.9. The van der Waals surface area contributed by atoms with E-state index in [4.69, 9.17) is 0 Å². The molecular weight excluding hydrogens is 284 g/mol. The molecule has 0 aliphatic carbocycles. The lowest BCUT2D eigenvalue weighted by atomic mass is 10.3. The average Bonchev–Trinajstić information content (AvgIpc) is 2.84. The van der Waals surface area contributed by atoms with Gasteiger partial charge in [0.1, 0.15) is 15.9 Å². The number of sulfonamides is 1. The predicted octanol–water partition coefficient (Wildman–Crippen LogP) is 0.968. The topological polar surface area (TPSA) is 84.0 Å². The van der Waals surface area contributed by atoms with E-state index in [1.54, 1.807) is 18.2 Å². The number of likely N-dealkylation sites (N-methyl/N-ethyl adjacent to an activating group) is 1. The van der Waals surface area contributed by atoms with Crippen molar-refractivity contribution in [3.05, 3.63) is 18.2 Å². The van der Waals surface area contributed by atoms with Gasteiger partial charge in [0.2, 0.25) is 10.0 Å². The van der Waals surface area contributed by atoms with Crippen LogP contribution in [0.2, 0.25) is 0 Å². The lowest BCUT2D eigenvalue weighted by Crippen LogP contribution is -2.38. The number of benzene rings is 1. The summed E-state index contributed by atoms with van der Waals surface area (Å²) in [5, 5.41) is 3.15. The van der Waals surface area contributed by atoms with Crippen molar-refractivity contribution in [3.8, 4) is 0 Å². The van der Waals surface area contributed by atoms with E-state index >= 15 is 0 Å². The molecule has 0 saturated carbocycles. The van der Waals surface area contributed by atoms with Crippen LogP contribution in [0.1, 0.15) is 13.8 Å². The van der Waals surface area contributed by atoms with Gasteiger partial charge in [0, 0.05) is 12.6 Å². The van der Waals surface area contributed by atoms with Crippen LogP contribution in [0.15, 0.2) is 23.1 Å². The third-order valence-corrected chi connectivity index (χ3v) is 4.67. The van der Waals surface area contributed by atoms with Crippen molar-refractivity contribution in [2.24, 2.45) is 0 Å². The van der Waals surface area contributed by atoms with Crippen molar-refractivity contribution in [1.29, 1.82) is 0 Å². The molecule has 0 fully saturated rings. The summed E-state index contributed by atoms with van der Waals surface area (Å²) >= 11 is 1.01. The molecule has 1 atom stereocenters. The zero-order valence-corrected chi connectivity index (χ0v) is 12.4. The van der Waals surface area contributed by atoms with Gasteiger partial charge in [0.05, 0.1) is 11.7 Å². The molecule has 0 radical (unpaired) electrons. The highest BCUT2D eigenvalue weighted by Gasteiger charge is 2.19. The highest BCUT2D eigenvalue weighted by Crippen LogP contribution is 2.20. The summed E-state index contributed by atoms with van der Waals surface area (Å²) in [5.41, 5.74) is 1.03. The first-order valence-corrected chi connectivity index (χ1v) is 8.20. The summed E-state index contributed by atoms with van der Waals surface area (Å²) in [6, 6.07) is 5.04. The van der Waals surface area contributed by atoms with Gasteiger partial charge in [-0.1, -0.05) is 13.0 Å². The van der Waals surface area contributed by atoms with E-state index in [9.17, 15) is 8.42 Å². The third-order valence-electron chi connectivity index (χ3n) is 2.67. The van der Waals surface area contributed by atoms with Crippen LogP contribution in [-0.4, -0.2) is 36.3 Å². The Kier molecular flexibility index (Phi) is 4.46. The lowest BCUT2D eigenvalue weighted by Gasteiger charge is -2.13. The van der Waals surface area contributed by atoms with Gasteiger partial charge in [-0.05, 0) is 25.6 Å². The summed E-state index contributed by atoms with van der Waals surface area (Å²) in [4.78, 5) is 0.183. The van der Waals surface area contributed by atoms with Gasteiger partial charge in [-0.3, -0.25) is 0 Å². The molecule has 8 heteroatoms. The Hall–Kier alpha value is -1.09. The van der Waals surface area contributed by atoms with E-state index in [1.165, 1.54) is 0 Å². The van der Waals surface area contributed by atoms with Crippen molar-refractivity contribution in [2.75, 3.05) is 13.1 Å². The minimum absolute atomic E-state index is 0.0764. The maximum Gasteiger partial charge on any atom is 0.242 e. The molecule has 1 aromatic heterocycles. The van der Waals surface area contributed by atoms with Crippen molar-refractivity contribution >= 4 is 32.8 Å². The maximum atomic E-state index is 12.3. The molecule has 0 amide bonds. The Morgan fingerprint density at radius 2 is 2.16 bits per heavy atom. The minimum atomic E-state index is -3.56. The highest BCUT2D eigenvalue weighted by atomic mass is 32.2. The Morgan fingerprint density at radius 3 is 2.89 bits per heavy atom. The van der Waals surface area contributed by atoms with Gasteiger partial charge >= 0.3 is 0 Å². The van der Waals surface area contributed by atoms with Gasteiger partial charge in [-0.15, -0.1) is 0 Å². The average molecular weight is 300 g/mol. The number of nitrogens with zero attached hydrogens (tertiary/aromatic N) is 2. The maximum absolute atomic E-state index is 12.3. The molecule has 0 saturated heterocycles. The van der Waals surface area contributed by atoms with E-state index < -0.39 is 10.0 Å². The quantitative estimate of drug-likeness (QED) is 0.830. The molecule has 2 aromatic rings. The van der Waals surface area contributed by atoms with Crippen LogP contribution in [0, 0.1) is 0 Å². The molecule has 2 N–H and O–H groups in total. The Morgan fingerprint density at radius 1 is 1.37 bits per heavy atom. The molecule has 19 heavy (non-hydrogen) atoms. The van der Waals surface area contributed by atoms with E-state index in [0.29, 0.717) is 17.6 Å². The number of fused-ring (bicyclic) bond motifs is 1. The second-order valence-corrected chi connectivity index (χ2v) is 6.46. The van der Waals surface area contributed by atoms with Crippen LogP contribution >= 0.6 is 11.7 Å². The largest absolute Gasteiger partial charge is 0.313 e. The summed E-state index contributed by atoms with van der Waals surface area (Å²) in [7, 11) is -3.56. The first-order chi connectivity index (χ1) is 9.04. The number of nitrogens with one attached hydrogen (secondary N) is 2. The second-order valence-electron chi connectivity index (χ2n) is 4.20. The Labute approximate surface area is 116 Å². The van der Waals surface area contributed by atoms with Crippen LogP contribution in [-0.2, 0) is 10.0 Å². The Balaban J connectivity index is 2.22. The van der Waals surface area contributed by atoms with Crippen LogP contribution in [0.3, 0.4) is 0 Å². The standard InChI is InChI=1S/C11H16N4O2S2/c1-3-12-8(2)7-13-19(16,17)10-6-4-5-9-11(10)15-18-14-9/h4-6,8,12-13H,3,7H2,1-2H3/t8-/m1/s1. The monoisotopic (exact) mass is 300 g/mol. The molecule has 0 spiro atoms. The fourth-order valence-electron chi connectivity index (χ4n) is 1.73. The molecule has 0 bridgehead atoms. The summed E-state index contributed by atoms with van der Waals surface area (Å²) in [6.07, 6.45) is 0. The lowest BCUT2D eigenvalue weighted by molar-refractivity contribution is 0.536. The van der Waals surface area contributed by atoms with Gasteiger partial charge in [0.25, 0.3) is 0 Å². The molecule has 1 heterocycles. The summed E-state index contributed by atoms with van der Waals surface area (Å²) < 4.78 is 35.2. The van der Waals surface area contributed by atoms with Crippen molar-refractivity contribution < 1.29 is 8.42 Å². The second kappa shape index (κ2) is 5.91. The molecule has 2 rings (SSSR count).